The molecule has 5 fully saturated rings. The van der Waals surface area contributed by atoms with E-state index in [0.29, 0.717) is 10.8 Å². The molecule has 0 heterocycles. The van der Waals surface area contributed by atoms with Gasteiger partial charge in [0.2, 0.25) is 21.8 Å². The third-order valence-corrected chi connectivity index (χ3v) is 12.0. The fourth-order valence-corrected chi connectivity index (χ4v) is 9.88. The maximum Gasteiger partial charge on any atom is 0.244 e. The van der Waals surface area contributed by atoms with Gasteiger partial charge in [-0.3, -0.25) is 9.59 Å². The lowest BCUT2D eigenvalue weighted by molar-refractivity contribution is -0.147. The van der Waals surface area contributed by atoms with Crippen molar-refractivity contribution in [1.82, 2.24) is 9.62 Å². The van der Waals surface area contributed by atoms with Crippen LogP contribution >= 0.6 is 0 Å². The summed E-state index contributed by atoms with van der Waals surface area (Å²) in [6, 6.07) is -0.120. The summed E-state index contributed by atoms with van der Waals surface area (Å²) < 4.78 is 29.3. The summed E-state index contributed by atoms with van der Waals surface area (Å²) in [5.74, 6) is 0.575. The van der Waals surface area contributed by atoms with Crippen molar-refractivity contribution in [2.24, 2.45) is 28.9 Å². The number of sulfonamides is 1. The molecule has 0 aromatic heterocycles. The number of hydrogen-bond acceptors (Lipinski definition) is 4. The fraction of sp³-hybridized carbons (Fsp3) is 0.704. The van der Waals surface area contributed by atoms with E-state index in [1.54, 1.807) is 0 Å². The van der Waals surface area contributed by atoms with E-state index in [1.807, 2.05) is 34.6 Å². The second-order valence-electron chi connectivity index (χ2n) is 11.9. The van der Waals surface area contributed by atoms with Gasteiger partial charge < -0.3 is 11.1 Å². The highest BCUT2D eigenvalue weighted by molar-refractivity contribution is 7.89. The Balaban J connectivity index is 1.37. The molecule has 5 aliphatic rings. The summed E-state index contributed by atoms with van der Waals surface area (Å²) in [5.41, 5.74) is 10.0. The van der Waals surface area contributed by atoms with E-state index in [0.717, 1.165) is 72.8 Å². The largest absolute Gasteiger partial charge is 0.369 e. The highest BCUT2D eigenvalue weighted by Gasteiger charge is 2.58. The summed E-state index contributed by atoms with van der Waals surface area (Å²) in [6.45, 7) is 9.55. The van der Waals surface area contributed by atoms with Crippen molar-refractivity contribution in [3.8, 4) is 0 Å². The molecule has 8 heteroatoms. The first-order chi connectivity index (χ1) is 16.4. The summed E-state index contributed by atoms with van der Waals surface area (Å²) >= 11 is 0. The lowest BCUT2D eigenvalue weighted by atomic mass is 9.47. The fourth-order valence-electron chi connectivity index (χ4n) is 7.68. The zero-order chi connectivity index (χ0) is 25.4. The van der Waals surface area contributed by atoms with Crippen LogP contribution in [0, 0.1) is 57.8 Å². The summed E-state index contributed by atoms with van der Waals surface area (Å²) in [6.07, 6.45) is 5.97. The third kappa shape index (κ3) is 3.91. The minimum Gasteiger partial charge on any atom is -0.369 e. The van der Waals surface area contributed by atoms with Crippen LogP contribution < -0.4 is 11.1 Å². The molecule has 0 spiro atoms. The van der Waals surface area contributed by atoms with Gasteiger partial charge in [0.05, 0.1) is 11.4 Å². The van der Waals surface area contributed by atoms with Gasteiger partial charge in [0.25, 0.3) is 0 Å². The molecule has 1 aromatic carbocycles. The molecule has 5 saturated carbocycles. The monoisotopic (exact) mass is 501 g/mol. The zero-order valence-corrected chi connectivity index (χ0v) is 22.4. The third-order valence-electron chi connectivity index (χ3n) is 9.87. The molecule has 0 aliphatic heterocycles. The molecule has 2 amide bonds. The molecule has 35 heavy (non-hydrogen) atoms. The quantitative estimate of drug-likeness (QED) is 0.598. The second-order valence-corrected chi connectivity index (χ2v) is 13.8. The van der Waals surface area contributed by atoms with E-state index in [1.165, 1.54) is 4.31 Å². The molecular weight excluding hydrogens is 462 g/mol. The van der Waals surface area contributed by atoms with Gasteiger partial charge in [-0.1, -0.05) is 0 Å². The molecule has 6 rings (SSSR count). The molecule has 2 unspecified atom stereocenters. The van der Waals surface area contributed by atoms with Crippen molar-refractivity contribution in [1.29, 1.82) is 0 Å². The predicted octanol–water partition coefficient (Wildman–Crippen LogP) is 3.18. The van der Waals surface area contributed by atoms with E-state index in [-0.39, 0.29) is 42.3 Å². The van der Waals surface area contributed by atoms with Crippen molar-refractivity contribution < 1.29 is 18.0 Å². The van der Waals surface area contributed by atoms with Crippen molar-refractivity contribution in [3.05, 3.63) is 27.8 Å². The maximum absolute atomic E-state index is 14.0. The van der Waals surface area contributed by atoms with Gasteiger partial charge in [-0.15, -0.1) is 0 Å². The standard InChI is InChI=1S/C27H39N3O4S/c1-14-15(2)17(4)25(18(5)16(14)3)35(33,34)30(22-6-7-22)13-23(31)29-24-20-8-19-9-21(24)12-27(10-19,11-20)26(28)32/h19-22,24H,6-13H2,1-5H3,(H2,28,32)(H,29,31). The smallest absolute Gasteiger partial charge is 0.244 e. The van der Waals surface area contributed by atoms with Crippen molar-refractivity contribution >= 4 is 21.8 Å². The Morgan fingerprint density at radius 2 is 1.43 bits per heavy atom. The molecule has 0 radical (unpaired) electrons. The van der Waals surface area contributed by atoms with Crippen LogP contribution in [0.2, 0.25) is 0 Å². The van der Waals surface area contributed by atoms with E-state index in [9.17, 15) is 18.0 Å². The SMILES string of the molecule is Cc1c(C)c(C)c(S(=O)(=O)N(CC(=O)NC2C3CC4CC2CC(C(N)=O)(C4)C3)C2CC2)c(C)c1C. The number of nitrogens with zero attached hydrogens (tertiary/aromatic N) is 1. The lowest BCUT2D eigenvalue weighted by Gasteiger charge is -2.58. The van der Waals surface area contributed by atoms with Gasteiger partial charge in [0.1, 0.15) is 0 Å². The van der Waals surface area contributed by atoms with Gasteiger partial charge in [-0.25, -0.2) is 8.42 Å². The Morgan fingerprint density at radius 3 is 1.91 bits per heavy atom. The number of primary amides is 1. The Bertz CT molecular complexity index is 1160. The maximum atomic E-state index is 14.0. The summed E-state index contributed by atoms with van der Waals surface area (Å²) in [5, 5.41) is 3.22. The summed E-state index contributed by atoms with van der Waals surface area (Å²) in [7, 11) is -3.83. The topological polar surface area (TPSA) is 110 Å². The molecular formula is C27H39N3O4S. The average molecular weight is 502 g/mol. The van der Waals surface area contributed by atoms with E-state index in [2.05, 4.69) is 5.32 Å². The van der Waals surface area contributed by atoms with E-state index in [4.69, 9.17) is 5.73 Å². The lowest BCUT2D eigenvalue weighted by Crippen LogP contribution is -2.62. The number of nitrogens with two attached hydrogens (primary N) is 1. The van der Waals surface area contributed by atoms with Gasteiger partial charge in [0, 0.05) is 17.5 Å². The zero-order valence-electron chi connectivity index (χ0n) is 21.6. The average Bonchev–Trinajstić information content (AvgIpc) is 3.61. The molecule has 1 aromatic rings. The van der Waals surface area contributed by atoms with Gasteiger partial charge in [-0.2, -0.15) is 4.31 Å². The van der Waals surface area contributed by atoms with Crippen LogP contribution in [0.5, 0.6) is 0 Å². The van der Waals surface area contributed by atoms with Gasteiger partial charge in [0.15, 0.2) is 0 Å². The normalized spacial score (nSPS) is 31.7. The number of amides is 2. The van der Waals surface area contributed by atoms with E-state index < -0.39 is 15.4 Å². The first-order valence-corrected chi connectivity index (χ1v) is 14.5. The van der Waals surface area contributed by atoms with Crippen molar-refractivity contribution in [3.63, 3.8) is 0 Å². The molecule has 3 N–H and O–H groups in total. The van der Waals surface area contributed by atoms with Gasteiger partial charge >= 0.3 is 0 Å². The van der Waals surface area contributed by atoms with Crippen LogP contribution in [-0.4, -0.2) is 43.2 Å². The molecule has 7 nitrogen and oxygen atoms in total. The molecule has 2 atom stereocenters. The number of carbonyl (C=O) groups is 2. The minimum atomic E-state index is -3.83. The van der Waals surface area contributed by atoms with Crippen LogP contribution in [0.1, 0.15) is 72.8 Å². The molecule has 5 aliphatic carbocycles. The van der Waals surface area contributed by atoms with Gasteiger partial charge in [-0.05, 0) is 125 Å². The summed E-state index contributed by atoms with van der Waals surface area (Å²) in [4.78, 5) is 25.9. The van der Waals surface area contributed by atoms with Crippen molar-refractivity contribution in [2.45, 2.75) is 96.5 Å². The van der Waals surface area contributed by atoms with Crippen LogP contribution in [0.3, 0.4) is 0 Å². The van der Waals surface area contributed by atoms with Crippen LogP contribution in [0.4, 0.5) is 0 Å². The Hall–Kier alpha value is -1.93. The molecule has 4 bridgehead atoms. The highest BCUT2D eigenvalue weighted by Crippen LogP contribution is 2.59. The van der Waals surface area contributed by atoms with Crippen LogP contribution in [-0.2, 0) is 19.6 Å². The first-order valence-electron chi connectivity index (χ1n) is 13.0. The Labute approximate surface area is 209 Å². The number of carbonyl (C=O) groups excluding carboxylic acids is 2. The van der Waals surface area contributed by atoms with E-state index >= 15 is 0 Å². The van der Waals surface area contributed by atoms with Crippen LogP contribution in [0.15, 0.2) is 4.90 Å². The predicted molar refractivity (Wildman–Crippen MR) is 134 cm³/mol. The molecule has 0 saturated heterocycles. The Morgan fingerprint density at radius 1 is 0.914 bits per heavy atom. The van der Waals surface area contributed by atoms with Crippen LogP contribution in [0.25, 0.3) is 0 Å². The number of benzene rings is 1. The molecule has 192 valence electrons. The number of hydrogen-bond donors (Lipinski definition) is 2. The highest BCUT2D eigenvalue weighted by atomic mass is 32.2. The second kappa shape index (κ2) is 8.30. The number of rotatable bonds is 7. The Kier molecular flexibility index (Phi) is 5.87. The first kappa shape index (κ1) is 24.8. The number of nitrogens with one attached hydrogen (secondary N) is 1. The minimum absolute atomic E-state index is 0.00242. The van der Waals surface area contributed by atoms with Crippen molar-refractivity contribution in [2.75, 3.05) is 6.54 Å².